The number of methoxy groups -OCH3 is 1. The zero-order chi connectivity index (χ0) is 28.5. The van der Waals surface area contributed by atoms with Crippen molar-refractivity contribution >= 4 is 35.1 Å². The first-order valence-corrected chi connectivity index (χ1v) is 12.1. The highest BCUT2D eigenvalue weighted by Crippen LogP contribution is 2.21. The molecule has 2 heterocycles. The topological polar surface area (TPSA) is 97.5 Å². The molecule has 0 bridgehead atoms. The Hall–Kier alpha value is -3.31. The summed E-state index contributed by atoms with van der Waals surface area (Å²) < 4.78 is 39.0. The van der Waals surface area contributed by atoms with Crippen molar-refractivity contribution in [2.45, 2.75) is 39.5 Å². The maximum Gasteiger partial charge on any atom is 0.490 e. The molecule has 1 N–H and O–H groups in total. The number of carbonyl (C=O) groups is 2. The number of halogens is 5. The van der Waals surface area contributed by atoms with E-state index in [1.165, 1.54) is 0 Å². The number of pyridine rings is 1. The van der Waals surface area contributed by atoms with Crippen LogP contribution in [0.2, 0.25) is 10.3 Å². The molecule has 38 heavy (non-hydrogen) atoms. The Kier molecular flexibility index (Phi) is 11.4. The number of amides is 1. The van der Waals surface area contributed by atoms with Gasteiger partial charge in [-0.3, -0.25) is 4.79 Å². The molecule has 0 radical (unpaired) electrons. The smallest absolute Gasteiger partial charge is 0.490 e. The quantitative estimate of drug-likeness (QED) is 0.316. The van der Waals surface area contributed by atoms with Crippen LogP contribution in [-0.4, -0.2) is 56.2 Å². The largest absolute Gasteiger partial charge is 0.497 e. The van der Waals surface area contributed by atoms with Crippen molar-refractivity contribution in [1.29, 1.82) is 0 Å². The van der Waals surface area contributed by atoms with E-state index in [0.29, 0.717) is 31.1 Å². The molecule has 0 aliphatic carbocycles. The standard InChI is InChI=1S/C23H26Cl2N4O2.C2HF3O2/c1-16(2)10-11-28(23(30)20-8-9-21(24)27-22(20)25)14-18-12-26-15-29(18)13-17-4-6-19(31-3)7-5-17;3-2(4,5)1(6)7/h4-9,12,15-16H,10-11,13-14H2,1-3H3;(H,6,7). The Morgan fingerprint density at radius 1 is 1.13 bits per heavy atom. The van der Waals surface area contributed by atoms with Crippen molar-refractivity contribution < 1.29 is 32.6 Å². The zero-order valence-corrected chi connectivity index (χ0v) is 22.4. The van der Waals surface area contributed by atoms with E-state index in [1.807, 2.05) is 28.8 Å². The van der Waals surface area contributed by atoms with Crippen LogP contribution in [-0.2, 0) is 17.9 Å². The first-order valence-electron chi connectivity index (χ1n) is 11.3. The van der Waals surface area contributed by atoms with Crippen molar-refractivity contribution in [2.24, 2.45) is 5.92 Å². The van der Waals surface area contributed by atoms with Gasteiger partial charge in [0.05, 0.1) is 31.2 Å². The predicted octanol–water partition coefficient (Wildman–Crippen LogP) is 5.96. The average Bonchev–Trinajstić information content (AvgIpc) is 3.28. The minimum Gasteiger partial charge on any atom is -0.497 e. The molecule has 0 fully saturated rings. The number of nitrogens with zero attached hydrogens (tertiary/aromatic N) is 4. The van der Waals surface area contributed by atoms with Gasteiger partial charge in [-0.05, 0) is 42.2 Å². The number of carboxylic acids is 1. The lowest BCUT2D eigenvalue weighted by Gasteiger charge is -2.24. The highest BCUT2D eigenvalue weighted by molar-refractivity contribution is 6.34. The van der Waals surface area contributed by atoms with Gasteiger partial charge < -0.3 is 19.3 Å². The van der Waals surface area contributed by atoms with Gasteiger partial charge in [-0.15, -0.1) is 0 Å². The van der Waals surface area contributed by atoms with Crippen LogP contribution >= 0.6 is 23.2 Å². The maximum atomic E-state index is 13.3. The summed E-state index contributed by atoms with van der Waals surface area (Å²) >= 11 is 12.1. The molecule has 0 aliphatic rings. The first kappa shape index (κ1) is 30.9. The Labute approximate surface area is 228 Å². The third-order valence-corrected chi connectivity index (χ3v) is 5.71. The minimum absolute atomic E-state index is 0.110. The summed E-state index contributed by atoms with van der Waals surface area (Å²) in [4.78, 5) is 32.3. The molecule has 0 saturated carbocycles. The van der Waals surface area contributed by atoms with Crippen LogP contribution in [0, 0.1) is 5.92 Å². The summed E-state index contributed by atoms with van der Waals surface area (Å²) in [5.74, 6) is -1.66. The fourth-order valence-electron chi connectivity index (χ4n) is 3.15. The Morgan fingerprint density at radius 3 is 2.29 bits per heavy atom. The number of imidazole rings is 1. The van der Waals surface area contributed by atoms with E-state index < -0.39 is 12.1 Å². The molecule has 1 aromatic carbocycles. The van der Waals surface area contributed by atoms with Crippen LogP contribution < -0.4 is 4.74 Å². The number of ether oxygens (including phenoxy) is 1. The van der Waals surface area contributed by atoms with Gasteiger partial charge >= 0.3 is 12.1 Å². The van der Waals surface area contributed by atoms with Crippen LogP contribution in [0.1, 0.15) is 41.9 Å². The molecule has 0 spiro atoms. The monoisotopic (exact) mass is 574 g/mol. The summed E-state index contributed by atoms with van der Waals surface area (Å²) in [6, 6.07) is 11.1. The van der Waals surface area contributed by atoms with Crippen LogP contribution in [0.3, 0.4) is 0 Å². The molecule has 0 atom stereocenters. The Balaban J connectivity index is 0.000000638. The average molecular weight is 575 g/mol. The summed E-state index contributed by atoms with van der Waals surface area (Å²) in [6.07, 6.45) is -0.640. The molecule has 3 rings (SSSR count). The van der Waals surface area contributed by atoms with E-state index in [4.69, 9.17) is 37.8 Å². The van der Waals surface area contributed by atoms with Gasteiger partial charge in [0, 0.05) is 19.3 Å². The van der Waals surface area contributed by atoms with E-state index in [-0.39, 0.29) is 16.2 Å². The third kappa shape index (κ3) is 9.53. The van der Waals surface area contributed by atoms with Crippen LogP contribution in [0.5, 0.6) is 5.75 Å². The first-order chi connectivity index (χ1) is 17.8. The van der Waals surface area contributed by atoms with Gasteiger partial charge in [-0.25, -0.2) is 14.8 Å². The van der Waals surface area contributed by atoms with Crippen LogP contribution in [0.25, 0.3) is 0 Å². The SMILES string of the molecule is COc1ccc(Cn2cncc2CN(CCC(C)C)C(=O)c2ccc(Cl)nc2Cl)cc1.O=C(O)C(F)(F)F. The predicted molar refractivity (Wildman–Crippen MR) is 136 cm³/mol. The zero-order valence-electron chi connectivity index (χ0n) is 20.9. The van der Waals surface area contributed by atoms with Crippen molar-refractivity contribution in [3.8, 4) is 5.75 Å². The number of alkyl halides is 3. The summed E-state index contributed by atoms with van der Waals surface area (Å²) in [7, 11) is 1.65. The van der Waals surface area contributed by atoms with Gasteiger partial charge in [0.1, 0.15) is 16.1 Å². The summed E-state index contributed by atoms with van der Waals surface area (Å²) in [6.45, 7) is 5.93. The molecule has 2 aromatic heterocycles. The Bertz CT molecular complexity index is 1220. The van der Waals surface area contributed by atoms with Gasteiger partial charge in [-0.1, -0.05) is 49.2 Å². The molecule has 13 heteroatoms. The van der Waals surface area contributed by atoms with Gasteiger partial charge in [0.2, 0.25) is 0 Å². The van der Waals surface area contributed by atoms with Crippen LogP contribution in [0.15, 0.2) is 48.9 Å². The normalized spacial score (nSPS) is 11.1. The second-order valence-electron chi connectivity index (χ2n) is 8.55. The number of hydrogen-bond donors (Lipinski definition) is 1. The summed E-state index contributed by atoms with van der Waals surface area (Å²) in [5.41, 5.74) is 2.40. The van der Waals surface area contributed by atoms with E-state index in [0.717, 1.165) is 23.4 Å². The molecule has 0 unspecified atom stereocenters. The minimum atomic E-state index is -5.08. The molecule has 0 saturated heterocycles. The second-order valence-corrected chi connectivity index (χ2v) is 9.29. The summed E-state index contributed by atoms with van der Waals surface area (Å²) in [5, 5.41) is 7.49. The van der Waals surface area contributed by atoms with Crippen molar-refractivity contribution in [1.82, 2.24) is 19.4 Å². The van der Waals surface area contributed by atoms with Crippen molar-refractivity contribution in [2.75, 3.05) is 13.7 Å². The van der Waals surface area contributed by atoms with E-state index >= 15 is 0 Å². The fraction of sp³-hybridized carbons (Fsp3) is 0.360. The number of hydrogen-bond acceptors (Lipinski definition) is 5. The number of aliphatic carboxylic acids is 1. The van der Waals surface area contributed by atoms with Gasteiger partial charge in [-0.2, -0.15) is 13.2 Å². The molecular formula is C25H27Cl2F3N4O4. The lowest BCUT2D eigenvalue weighted by Crippen LogP contribution is -2.33. The lowest BCUT2D eigenvalue weighted by molar-refractivity contribution is -0.192. The number of benzene rings is 1. The number of rotatable bonds is 9. The molecule has 206 valence electrons. The highest BCUT2D eigenvalue weighted by Gasteiger charge is 2.38. The van der Waals surface area contributed by atoms with Crippen molar-refractivity contribution in [3.05, 3.63) is 76.0 Å². The fourth-order valence-corrected chi connectivity index (χ4v) is 3.58. The lowest BCUT2D eigenvalue weighted by atomic mass is 10.1. The highest BCUT2D eigenvalue weighted by atomic mass is 35.5. The third-order valence-electron chi connectivity index (χ3n) is 5.21. The second kappa shape index (κ2) is 14.0. The number of carbonyl (C=O) groups excluding carboxylic acids is 1. The Morgan fingerprint density at radius 2 is 1.76 bits per heavy atom. The van der Waals surface area contributed by atoms with Crippen LogP contribution in [0.4, 0.5) is 13.2 Å². The van der Waals surface area contributed by atoms with E-state index in [9.17, 15) is 18.0 Å². The van der Waals surface area contributed by atoms with Gasteiger partial charge in [0.25, 0.3) is 5.91 Å². The molecule has 1 amide bonds. The number of carboxylic acid groups (broad SMARTS) is 1. The van der Waals surface area contributed by atoms with Crippen molar-refractivity contribution in [3.63, 3.8) is 0 Å². The van der Waals surface area contributed by atoms with Gasteiger partial charge in [0.15, 0.2) is 0 Å². The maximum absolute atomic E-state index is 13.3. The number of aromatic nitrogens is 3. The molecule has 8 nitrogen and oxygen atoms in total. The molecule has 0 aliphatic heterocycles. The van der Waals surface area contributed by atoms with E-state index in [1.54, 1.807) is 36.7 Å². The van der Waals surface area contributed by atoms with E-state index in [2.05, 4.69) is 23.8 Å². The molecular weight excluding hydrogens is 548 g/mol. The molecule has 3 aromatic rings.